The van der Waals surface area contributed by atoms with Crippen molar-refractivity contribution in [2.45, 2.75) is 12.1 Å². The molecule has 1 amide bonds. The number of para-hydroxylation sites is 1. The number of aryl methyl sites for hydroxylation is 1. The summed E-state index contributed by atoms with van der Waals surface area (Å²) in [6.07, 6.45) is 0. The van der Waals surface area contributed by atoms with E-state index < -0.39 is 17.7 Å². The zero-order valence-corrected chi connectivity index (χ0v) is 25.9. The maximum Gasteiger partial charge on any atom is 0.341 e. The molecule has 1 N–H and O–H groups in total. The smallest absolute Gasteiger partial charge is 0.341 e. The first-order valence-corrected chi connectivity index (χ1v) is 16.1. The SMILES string of the molecule is COC(=O)c1c(-c2ccc(F)cc2)csc1NC(=O)CSc1nc2sc(C)c(-c3ccccc3)c2c(=O)n1-c1ccccc1. The number of anilines is 1. The fraction of sp³-hybridized carbons (Fsp3) is 0.0909. The van der Waals surface area contributed by atoms with Crippen molar-refractivity contribution in [1.82, 2.24) is 9.55 Å². The number of carbonyl (C=O) groups is 2. The van der Waals surface area contributed by atoms with Crippen LogP contribution < -0.4 is 10.9 Å². The summed E-state index contributed by atoms with van der Waals surface area (Å²) in [5.41, 5.74) is 3.53. The zero-order chi connectivity index (χ0) is 30.8. The van der Waals surface area contributed by atoms with Crippen LogP contribution in [0.15, 0.2) is 100 Å². The fourth-order valence-electron chi connectivity index (χ4n) is 4.89. The lowest BCUT2D eigenvalue weighted by Gasteiger charge is -2.13. The third-order valence-corrected chi connectivity index (χ3v) is 9.70. The molecule has 11 heteroatoms. The van der Waals surface area contributed by atoms with Crippen molar-refractivity contribution in [2.24, 2.45) is 0 Å². The summed E-state index contributed by atoms with van der Waals surface area (Å²) < 4.78 is 20.0. The van der Waals surface area contributed by atoms with Crippen molar-refractivity contribution in [1.29, 1.82) is 0 Å². The molecular weight excluding hydrogens is 618 g/mol. The van der Waals surface area contributed by atoms with Gasteiger partial charge in [-0.2, -0.15) is 0 Å². The standard InChI is InChI=1S/C33H24FN3O4S3/c1-19-26(21-9-5-3-6-10-21)28-30(44-19)36-33(37(31(28)39)23-11-7-4-8-12-23)43-18-25(38)35-29-27(32(40)41-2)24(17-42-29)20-13-15-22(34)16-14-20/h3-17H,18H2,1-2H3,(H,35,38). The van der Waals surface area contributed by atoms with E-state index in [-0.39, 0.29) is 16.9 Å². The molecule has 0 unspecified atom stereocenters. The van der Waals surface area contributed by atoms with E-state index in [1.165, 1.54) is 46.5 Å². The van der Waals surface area contributed by atoms with Crippen LogP contribution in [0, 0.1) is 12.7 Å². The molecule has 0 spiro atoms. The molecule has 3 aromatic heterocycles. The van der Waals surface area contributed by atoms with Crippen LogP contribution in [0.4, 0.5) is 9.39 Å². The van der Waals surface area contributed by atoms with Gasteiger partial charge in [-0.3, -0.25) is 14.2 Å². The lowest BCUT2D eigenvalue weighted by molar-refractivity contribution is -0.113. The van der Waals surface area contributed by atoms with Crippen molar-refractivity contribution < 1.29 is 18.7 Å². The number of thiophene rings is 2. The van der Waals surface area contributed by atoms with Crippen LogP contribution in [-0.2, 0) is 9.53 Å². The Labute approximate surface area is 264 Å². The van der Waals surface area contributed by atoms with E-state index in [2.05, 4.69) is 5.32 Å². The molecule has 44 heavy (non-hydrogen) atoms. The molecule has 6 aromatic rings. The lowest BCUT2D eigenvalue weighted by Crippen LogP contribution is -2.23. The Kier molecular flexibility index (Phi) is 8.42. The molecular formula is C33H24FN3O4S3. The molecule has 0 aliphatic heterocycles. The number of thioether (sulfide) groups is 1. The number of carbonyl (C=O) groups excluding carboxylic acids is 2. The molecule has 0 saturated carbocycles. The Bertz CT molecular complexity index is 2050. The van der Waals surface area contributed by atoms with Gasteiger partial charge >= 0.3 is 5.97 Å². The van der Waals surface area contributed by atoms with Gasteiger partial charge in [0.05, 0.1) is 23.9 Å². The largest absolute Gasteiger partial charge is 0.465 e. The van der Waals surface area contributed by atoms with Gasteiger partial charge in [-0.05, 0) is 42.3 Å². The Morgan fingerprint density at radius 3 is 2.34 bits per heavy atom. The number of rotatable bonds is 8. The fourth-order valence-corrected chi connectivity index (χ4v) is 7.76. The molecule has 0 radical (unpaired) electrons. The first kappa shape index (κ1) is 29.5. The molecule has 3 aromatic carbocycles. The number of hydrogen-bond donors (Lipinski definition) is 1. The highest BCUT2D eigenvalue weighted by molar-refractivity contribution is 7.99. The molecule has 7 nitrogen and oxygen atoms in total. The van der Waals surface area contributed by atoms with Gasteiger partial charge in [-0.15, -0.1) is 22.7 Å². The number of ether oxygens (including phenoxy) is 1. The van der Waals surface area contributed by atoms with Crippen LogP contribution in [0.5, 0.6) is 0 Å². The number of nitrogens with one attached hydrogen (secondary N) is 1. The second-order valence-electron chi connectivity index (χ2n) is 9.64. The number of fused-ring (bicyclic) bond motifs is 1. The number of halogens is 1. The van der Waals surface area contributed by atoms with Gasteiger partial charge < -0.3 is 10.1 Å². The molecule has 220 valence electrons. The molecule has 0 aliphatic carbocycles. The Morgan fingerprint density at radius 2 is 1.66 bits per heavy atom. The van der Waals surface area contributed by atoms with Crippen LogP contribution >= 0.6 is 34.4 Å². The summed E-state index contributed by atoms with van der Waals surface area (Å²) in [7, 11) is 1.26. The predicted molar refractivity (Wildman–Crippen MR) is 176 cm³/mol. The molecule has 0 fully saturated rings. The normalized spacial score (nSPS) is 11.1. The van der Waals surface area contributed by atoms with E-state index in [1.807, 2.05) is 67.6 Å². The summed E-state index contributed by atoms with van der Waals surface area (Å²) in [6, 6.07) is 24.7. The minimum Gasteiger partial charge on any atom is -0.465 e. The van der Waals surface area contributed by atoms with Gasteiger partial charge in [-0.25, -0.2) is 14.2 Å². The second kappa shape index (κ2) is 12.6. The van der Waals surface area contributed by atoms with E-state index >= 15 is 0 Å². The monoisotopic (exact) mass is 641 g/mol. The van der Waals surface area contributed by atoms with Crippen LogP contribution in [0.3, 0.4) is 0 Å². The quantitative estimate of drug-likeness (QED) is 0.104. The number of amides is 1. The van der Waals surface area contributed by atoms with Crippen LogP contribution in [-0.4, -0.2) is 34.3 Å². The highest BCUT2D eigenvalue weighted by Crippen LogP contribution is 2.38. The van der Waals surface area contributed by atoms with E-state index in [0.29, 0.717) is 37.2 Å². The number of benzene rings is 3. The number of aromatic nitrogens is 2. The van der Waals surface area contributed by atoms with Crippen LogP contribution in [0.1, 0.15) is 15.2 Å². The molecule has 0 bridgehead atoms. The summed E-state index contributed by atoms with van der Waals surface area (Å²) >= 11 is 3.74. The molecule has 3 heterocycles. The molecule has 0 atom stereocenters. The Balaban J connectivity index is 1.34. The predicted octanol–water partition coefficient (Wildman–Crippen LogP) is 7.81. The van der Waals surface area contributed by atoms with Gasteiger partial charge in [0, 0.05) is 21.4 Å². The summed E-state index contributed by atoms with van der Waals surface area (Å²) in [5, 5.41) is 5.75. The second-order valence-corrected chi connectivity index (χ2v) is 12.7. The Morgan fingerprint density at radius 1 is 0.977 bits per heavy atom. The van der Waals surface area contributed by atoms with Crippen molar-refractivity contribution >= 4 is 61.5 Å². The minimum absolute atomic E-state index is 0.0783. The number of nitrogens with zero attached hydrogens (tertiary/aromatic N) is 2. The number of hydrogen-bond acceptors (Lipinski definition) is 8. The zero-order valence-electron chi connectivity index (χ0n) is 23.5. The van der Waals surface area contributed by atoms with Crippen molar-refractivity contribution in [3.8, 4) is 27.9 Å². The summed E-state index contributed by atoms with van der Waals surface area (Å²) in [6.45, 7) is 1.97. The van der Waals surface area contributed by atoms with Crippen LogP contribution in [0.25, 0.3) is 38.2 Å². The summed E-state index contributed by atoms with van der Waals surface area (Å²) in [5.74, 6) is -1.50. The van der Waals surface area contributed by atoms with Crippen molar-refractivity contribution in [2.75, 3.05) is 18.2 Å². The van der Waals surface area contributed by atoms with Crippen molar-refractivity contribution in [3.63, 3.8) is 0 Å². The Hall–Kier alpha value is -4.58. The van der Waals surface area contributed by atoms with Crippen molar-refractivity contribution in [3.05, 3.63) is 117 Å². The topological polar surface area (TPSA) is 90.3 Å². The summed E-state index contributed by atoms with van der Waals surface area (Å²) in [4.78, 5) is 46.5. The van der Waals surface area contributed by atoms with Gasteiger partial charge in [0.1, 0.15) is 21.2 Å². The van der Waals surface area contributed by atoms with E-state index in [1.54, 1.807) is 17.5 Å². The average molecular weight is 642 g/mol. The van der Waals surface area contributed by atoms with Crippen LogP contribution in [0.2, 0.25) is 0 Å². The average Bonchev–Trinajstić information content (AvgIpc) is 3.61. The minimum atomic E-state index is -0.624. The third kappa shape index (κ3) is 5.69. The first-order valence-electron chi connectivity index (χ1n) is 13.4. The van der Waals surface area contributed by atoms with Gasteiger partial charge in [0.25, 0.3) is 5.56 Å². The number of esters is 1. The third-order valence-electron chi connectivity index (χ3n) is 6.87. The van der Waals surface area contributed by atoms with Gasteiger partial charge in [-0.1, -0.05) is 72.4 Å². The first-order chi connectivity index (χ1) is 21.4. The molecule has 0 aliphatic rings. The maximum atomic E-state index is 14.1. The molecule has 6 rings (SSSR count). The van der Waals surface area contributed by atoms with E-state index in [9.17, 15) is 18.8 Å². The molecule has 0 saturated heterocycles. The van der Waals surface area contributed by atoms with Gasteiger partial charge in [0.15, 0.2) is 5.16 Å². The van der Waals surface area contributed by atoms with Gasteiger partial charge in [0.2, 0.25) is 5.91 Å². The lowest BCUT2D eigenvalue weighted by atomic mass is 10.0. The highest BCUT2D eigenvalue weighted by atomic mass is 32.2. The number of methoxy groups -OCH3 is 1. The van der Waals surface area contributed by atoms with E-state index in [4.69, 9.17) is 9.72 Å². The highest BCUT2D eigenvalue weighted by Gasteiger charge is 2.24. The maximum absolute atomic E-state index is 14.1. The van der Waals surface area contributed by atoms with E-state index in [0.717, 1.165) is 27.8 Å².